The van der Waals surface area contributed by atoms with E-state index >= 15 is 0 Å². The number of nitrogens with two attached hydrogens (primary N) is 1. The van der Waals surface area contributed by atoms with Gasteiger partial charge in [-0.15, -0.1) is 0 Å². The Morgan fingerprint density at radius 3 is 2.69 bits per heavy atom. The van der Waals surface area contributed by atoms with E-state index < -0.39 is 0 Å². The Morgan fingerprint density at radius 2 is 2.15 bits per heavy atom. The maximum Gasteiger partial charge on any atom is 0.0575 e. The number of rotatable bonds is 3. The van der Waals surface area contributed by atoms with Crippen LogP contribution in [0.5, 0.6) is 0 Å². The third-order valence-electron chi connectivity index (χ3n) is 3.18. The molecule has 2 heteroatoms. The van der Waals surface area contributed by atoms with Crippen molar-refractivity contribution in [3.8, 4) is 0 Å². The molecule has 1 heterocycles. The van der Waals surface area contributed by atoms with Gasteiger partial charge in [0.2, 0.25) is 0 Å². The molecule has 3 unspecified atom stereocenters. The largest absolute Gasteiger partial charge is 0.378 e. The molecule has 0 aromatic heterocycles. The zero-order chi connectivity index (χ0) is 9.84. The van der Waals surface area contributed by atoms with E-state index in [1.54, 1.807) is 0 Å². The van der Waals surface area contributed by atoms with Crippen LogP contribution in [0.25, 0.3) is 0 Å². The van der Waals surface area contributed by atoms with Gasteiger partial charge in [-0.1, -0.05) is 20.8 Å². The Kier molecular flexibility index (Phi) is 4.20. The van der Waals surface area contributed by atoms with Crippen LogP contribution in [0.4, 0.5) is 0 Å². The molecule has 3 atom stereocenters. The Hall–Kier alpha value is -0.0800. The van der Waals surface area contributed by atoms with Crippen molar-refractivity contribution in [1.82, 2.24) is 0 Å². The molecule has 0 bridgehead atoms. The van der Waals surface area contributed by atoms with Gasteiger partial charge < -0.3 is 10.5 Å². The normalized spacial score (nSPS) is 32.1. The highest BCUT2D eigenvalue weighted by atomic mass is 16.5. The zero-order valence-electron chi connectivity index (χ0n) is 9.12. The van der Waals surface area contributed by atoms with Crippen LogP contribution >= 0.6 is 0 Å². The molecular formula is C11H23NO. The van der Waals surface area contributed by atoms with Crippen LogP contribution in [0, 0.1) is 11.8 Å². The molecule has 0 radical (unpaired) electrons. The number of ether oxygens (including phenoxy) is 1. The Morgan fingerprint density at radius 1 is 1.46 bits per heavy atom. The van der Waals surface area contributed by atoms with Crippen molar-refractivity contribution in [2.75, 3.05) is 6.61 Å². The first-order chi connectivity index (χ1) is 6.15. The second kappa shape index (κ2) is 4.97. The maximum absolute atomic E-state index is 6.15. The van der Waals surface area contributed by atoms with Gasteiger partial charge in [0.05, 0.1) is 6.10 Å². The van der Waals surface area contributed by atoms with Crippen molar-refractivity contribution >= 4 is 0 Å². The van der Waals surface area contributed by atoms with Gasteiger partial charge in [0.15, 0.2) is 0 Å². The smallest absolute Gasteiger partial charge is 0.0575 e. The van der Waals surface area contributed by atoms with Gasteiger partial charge in [0.25, 0.3) is 0 Å². The molecule has 0 amide bonds. The topological polar surface area (TPSA) is 35.2 Å². The second-order valence-electron chi connectivity index (χ2n) is 4.51. The monoisotopic (exact) mass is 185 g/mol. The zero-order valence-corrected chi connectivity index (χ0v) is 9.12. The lowest BCUT2D eigenvalue weighted by Gasteiger charge is -2.34. The van der Waals surface area contributed by atoms with Crippen LogP contribution < -0.4 is 5.73 Å². The van der Waals surface area contributed by atoms with Crippen molar-refractivity contribution in [3.05, 3.63) is 0 Å². The molecule has 0 spiro atoms. The van der Waals surface area contributed by atoms with Gasteiger partial charge in [0.1, 0.15) is 0 Å². The highest BCUT2D eigenvalue weighted by Crippen LogP contribution is 2.26. The Bertz CT molecular complexity index is 147. The quantitative estimate of drug-likeness (QED) is 0.731. The fourth-order valence-corrected chi connectivity index (χ4v) is 2.09. The average molecular weight is 185 g/mol. The molecule has 1 rings (SSSR count). The molecule has 1 aliphatic rings. The first-order valence-electron chi connectivity index (χ1n) is 5.52. The van der Waals surface area contributed by atoms with Crippen molar-refractivity contribution in [1.29, 1.82) is 0 Å². The third kappa shape index (κ3) is 2.96. The van der Waals surface area contributed by atoms with E-state index in [9.17, 15) is 0 Å². The summed E-state index contributed by atoms with van der Waals surface area (Å²) in [5.41, 5.74) is 6.15. The van der Waals surface area contributed by atoms with Crippen LogP contribution in [-0.2, 0) is 4.74 Å². The van der Waals surface area contributed by atoms with E-state index in [0.717, 1.165) is 25.9 Å². The molecular weight excluding hydrogens is 162 g/mol. The van der Waals surface area contributed by atoms with Gasteiger partial charge in [-0.05, 0) is 31.1 Å². The van der Waals surface area contributed by atoms with Crippen molar-refractivity contribution in [2.45, 2.75) is 52.2 Å². The van der Waals surface area contributed by atoms with Crippen molar-refractivity contribution in [3.63, 3.8) is 0 Å². The van der Waals surface area contributed by atoms with Crippen LogP contribution in [0.1, 0.15) is 40.0 Å². The summed E-state index contributed by atoms with van der Waals surface area (Å²) in [5, 5.41) is 0. The summed E-state index contributed by atoms with van der Waals surface area (Å²) in [5.74, 6) is 1.28. The molecule has 78 valence electrons. The van der Waals surface area contributed by atoms with Gasteiger partial charge in [-0.2, -0.15) is 0 Å². The van der Waals surface area contributed by atoms with E-state index in [1.807, 2.05) is 0 Å². The van der Waals surface area contributed by atoms with E-state index in [4.69, 9.17) is 10.5 Å². The lowest BCUT2D eigenvalue weighted by atomic mass is 9.83. The summed E-state index contributed by atoms with van der Waals surface area (Å²) >= 11 is 0. The highest BCUT2D eigenvalue weighted by molar-refractivity contribution is 4.81. The van der Waals surface area contributed by atoms with E-state index in [1.165, 1.54) is 0 Å². The Labute approximate surface area is 81.8 Å². The van der Waals surface area contributed by atoms with Crippen LogP contribution in [0.15, 0.2) is 0 Å². The summed E-state index contributed by atoms with van der Waals surface area (Å²) in [6, 6.07) is 0.359. The van der Waals surface area contributed by atoms with Gasteiger partial charge in [-0.3, -0.25) is 0 Å². The fourth-order valence-electron chi connectivity index (χ4n) is 2.09. The lowest BCUT2D eigenvalue weighted by Crippen LogP contribution is -2.40. The molecule has 0 saturated carbocycles. The van der Waals surface area contributed by atoms with Gasteiger partial charge >= 0.3 is 0 Å². The fraction of sp³-hybridized carbons (Fsp3) is 1.00. The van der Waals surface area contributed by atoms with Crippen LogP contribution in [0.3, 0.4) is 0 Å². The molecule has 1 saturated heterocycles. The minimum Gasteiger partial charge on any atom is -0.378 e. The molecule has 1 fully saturated rings. The first-order valence-corrected chi connectivity index (χ1v) is 5.52. The lowest BCUT2D eigenvalue weighted by molar-refractivity contribution is -0.0189. The minimum absolute atomic E-state index is 0.359. The minimum atomic E-state index is 0.359. The molecule has 0 aromatic rings. The summed E-state index contributed by atoms with van der Waals surface area (Å²) in [4.78, 5) is 0. The standard InChI is InChI=1S/C11H23NO/c1-4-10-7-9(5-6-13-10)11(12)8(2)3/h8-11H,4-7,12H2,1-3H3. The summed E-state index contributed by atoms with van der Waals surface area (Å²) in [6.07, 6.45) is 3.90. The van der Waals surface area contributed by atoms with Crippen LogP contribution in [0.2, 0.25) is 0 Å². The van der Waals surface area contributed by atoms with Crippen LogP contribution in [-0.4, -0.2) is 18.8 Å². The highest BCUT2D eigenvalue weighted by Gasteiger charge is 2.27. The maximum atomic E-state index is 6.15. The van der Waals surface area contributed by atoms with E-state index in [0.29, 0.717) is 24.0 Å². The predicted octanol–water partition coefficient (Wildman–Crippen LogP) is 2.17. The molecule has 1 aliphatic heterocycles. The molecule has 0 aromatic carbocycles. The van der Waals surface area contributed by atoms with E-state index in [2.05, 4.69) is 20.8 Å². The summed E-state index contributed by atoms with van der Waals surface area (Å²) in [6.45, 7) is 7.51. The predicted molar refractivity (Wildman–Crippen MR) is 55.6 cm³/mol. The molecule has 0 aliphatic carbocycles. The van der Waals surface area contributed by atoms with Crippen molar-refractivity contribution < 1.29 is 4.74 Å². The van der Waals surface area contributed by atoms with Crippen molar-refractivity contribution in [2.24, 2.45) is 17.6 Å². The molecule has 2 nitrogen and oxygen atoms in total. The Balaban J connectivity index is 2.41. The van der Waals surface area contributed by atoms with Gasteiger partial charge in [0, 0.05) is 12.6 Å². The number of hydrogen-bond donors (Lipinski definition) is 1. The summed E-state index contributed by atoms with van der Waals surface area (Å²) in [7, 11) is 0. The summed E-state index contributed by atoms with van der Waals surface area (Å²) < 4.78 is 5.63. The third-order valence-corrected chi connectivity index (χ3v) is 3.18. The number of hydrogen-bond acceptors (Lipinski definition) is 2. The first kappa shape index (κ1) is 11.0. The second-order valence-corrected chi connectivity index (χ2v) is 4.51. The molecule has 13 heavy (non-hydrogen) atoms. The molecule has 2 N–H and O–H groups in total. The SMILES string of the molecule is CCC1CC(C(N)C(C)C)CCO1. The average Bonchev–Trinajstić information content (AvgIpc) is 2.16. The van der Waals surface area contributed by atoms with Gasteiger partial charge in [-0.25, -0.2) is 0 Å². The van der Waals surface area contributed by atoms with E-state index in [-0.39, 0.29) is 0 Å².